The zero-order valence-corrected chi connectivity index (χ0v) is 12.8. The molecule has 1 fully saturated rings. The van der Waals surface area contributed by atoms with Crippen molar-refractivity contribution in [3.8, 4) is 5.75 Å². The lowest BCUT2D eigenvalue weighted by atomic mass is 10.2. The van der Waals surface area contributed by atoms with E-state index < -0.39 is 0 Å². The molecule has 0 unspecified atom stereocenters. The van der Waals surface area contributed by atoms with E-state index in [-0.39, 0.29) is 5.91 Å². The third-order valence-electron chi connectivity index (χ3n) is 3.04. The summed E-state index contributed by atoms with van der Waals surface area (Å²) in [6, 6.07) is 9.19. The topological polar surface area (TPSA) is 41.6 Å². The highest BCUT2D eigenvalue weighted by molar-refractivity contribution is 7.80. The Balaban J connectivity index is 1.93. The molecule has 0 bridgehead atoms. The molecule has 2 aromatic rings. The molecule has 4 nitrogen and oxygen atoms in total. The predicted molar refractivity (Wildman–Crippen MR) is 88.5 cm³/mol. The molecule has 0 saturated carbocycles. The highest BCUT2D eigenvalue weighted by atomic mass is 32.1. The van der Waals surface area contributed by atoms with Crippen molar-refractivity contribution < 1.29 is 9.53 Å². The van der Waals surface area contributed by atoms with Crippen LogP contribution in [0.3, 0.4) is 0 Å². The number of nitrogens with zero attached hydrogens (tertiary/aromatic N) is 1. The van der Waals surface area contributed by atoms with Gasteiger partial charge in [0.1, 0.15) is 11.4 Å². The van der Waals surface area contributed by atoms with Crippen LogP contribution >= 0.6 is 23.6 Å². The Labute approximate surface area is 131 Å². The molecule has 1 N–H and O–H groups in total. The van der Waals surface area contributed by atoms with Crippen LogP contribution in [0.15, 0.2) is 46.8 Å². The number of carbonyl (C=O) groups excluding carboxylic acids is 1. The number of thiophene rings is 1. The second-order valence-corrected chi connectivity index (χ2v) is 5.55. The van der Waals surface area contributed by atoms with Gasteiger partial charge >= 0.3 is 0 Å². The first-order valence-corrected chi connectivity index (χ1v) is 7.57. The van der Waals surface area contributed by atoms with Crippen LogP contribution in [-0.4, -0.2) is 18.1 Å². The van der Waals surface area contributed by atoms with E-state index >= 15 is 0 Å². The van der Waals surface area contributed by atoms with Gasteiger partial charge in [0.25, 0.3) is 5.91 Å². The molecule has 1 aromatic heterocycles. The van der Waals surface area contributed by atoms with E-state index in [0.717, 1.165) is 5.56 Å². The number of hydrogen-bond donors (Lipinski definition) is 1. The lowest BCUT2D eigenvalue weighted by Crippen LogP contribution is -2.30. The maximum Gasteiger partial charge on any atom is 0.281 e. The van der Waals surface area contributed by atoms with Crippen molar-refractivity contribution in [1.82, 2.24) is 5.32 Å². The molecular formula is C15H12N2O2S2. The standard InChI is InChI=1S/C15H12N2O2S2/c1-19-12-4-2-3-11(8-12)17-14(18)13(16-15(17)20)7-10-5-6-21-9-10/h2-9H,1H3,(H,16,20)/b13-7-. The van der Waals surface area contributed by atoms with Gasteiger partial charge < -0.3 is 10.1 Å². The van der Waals surface area contributed by atoms with Gasteiger partial charge in [-0.15, -0.1) is 0 Å². The van der Waals surface area contributed by atoms with Gasteiger partial charge in [-0.2, -0.15) is 11.3 Å². The molecule has 2 heterocycles. The highest BCUT2D eigenvalue weighted by Crippen LogP contribution is 2.26. The van der Waals surface area contributed by atoms with Gasteiger partial charge in [0.05, 0.1) is 12.8 Å². The minimum Gasteiger partial charge on any atom is -0.497 e. The Morgan fingerprint density at radius 2 is 2.24 bits per heavy atom. The summed E-state index contributed by atoms with van der Waals surface area (Å²) >= 11 is 6.85. The summed E-state index contributed by atoms with van der Waals surface area (Å²) in [4.78, 5) is 14.0. The summed E-state index contributed by atoms with van der Waals surface area (Å²) in [6.45, 7) is 0. The van der Waals surface area contributed by atoms with E-state index in [2.05, 4.69) is 5.32 Å². The zero-order chi connectivity index (χ0) is 14.8. The number of amides is 1. The van der Waals surface area contributed by atoms with Crippen LogP contribution < -0.4 is 15.0 Å². The van der Waals surface area contributed by atoms with Gasteiger partial charge in [0.2, 0.25) is 0 Å². The van der Waals surface area contributed by atoms with Crippen molar-refractivity contribution in [2.75, 3.05) is 12.0 Å². The summed E-state index contributed by atoms with van der Waals surface area (Å²) in [5.74, 6) is 0.512. The van der Waals surface area contributed by atoms with Gasteiger partial charge in [0.15, 0.2) is 5.11 Å². The molecule has 1 aliphatic rings. The van der Waals surface area contributed by atoms with Crippen LogP contribution in [-0.2, 0) is 4.79 Å². The number of hydrogen-bond acceptors (Lipinski definition) is 4. The number of rotatable bonds is 3. The summed E-state index contributed by atoms with van der Waals surface area (Å²) in [5.41, 5.74) is 2.14. The van der Waals surface area contributed by atoms with E-state index in [1.165, 1.54) is 4.90 Å². The fraction of sp³-hybridized carbons (Fsp3) is 0.0667. The van der Waals surface area contributed by atoms with Crippen LogP contribution in [0.25, 0.3) is 6.08 Å². The number of nitrogens with one attached hydrogen (secondary N) is 1. The van der Waals surface area contributed by atoms with Gasteiger partial charge in [-0.05, 0) is 52.8 Å². The molecule has 0 spiro atoms. The average molecular weight is 316 g/mol. The lowest BCUT2D eigenvalue weighted by molar-refractivity contribution is -0.113. The molecular weight excluding hydrogens is 304 g/mol. The molecule has 3 rings (SSSR count). The van der Waals surface area contributed by atoms with Gasteiger partial charge in [0, 0.05) is 6.07 Å². The van der Waals surface area contributed by atoms with Crippen molar-refractivity contribution in [3.05, 3.63) is 52.4 Å². The Kier molecular flexibility index (Phi) is 3.72. The van der Waals surface area contributed by atoms with E-state index in [1.807, 2.05) is 35.0 Å². The first kappa shape index (κ1) is 13.8. The van der Waals surface area contributed by atoms with E-state index in [9.17, 15) is 4.79 Å². The number of carbonyl (C=O) groups is 1. The van der Waals surface area contributed by atoms with Crippen molar-refractivity contribution >= 4 is 46.3 Å². The second-order valence-electron chi connectivity index (χ2n) is 4.39. The normalized spacial score (nSPS) is 16.4. The highest BCUT2D eigenvalue weighted by Gasteiger charge is 2.32. The van der Waals surface area contributed by atoms with Crippen molar-refractivity contribution in [1.29, 1.82) is 0 Å². The van der Waals surface area contributed by atoms with Gasteiger partial charge in [-0.3, -0.25) is 9.69 Å². The van der Waals surface area contributed by atoms with Crippen LogP contribution in [0.4, 0.5) is 5.69 Å². The Hall–Kier alpha value is -2.18. The van der Waals surface area contributed by atoms with Crippen molar-refractivity contribution in [2.24, 2.45) is 0 Å². The summed E-state index contributed by atoms with van der Waals surface area (Å²) in [6.07, 6.45) is 1.80. The number of thiocarbonyl (C=S) groups is 1. The third kappa shape index (κ3) is 2.68. The average Bonchev–Trinajstić information content (AvgIpc) is 3.08. The Morgan fingerprint density at radius 1 is 1.38 bits per heavy atom. The molecule has 1 saturated heterocycles. The first-order chi connectivity index (χ1) is 10.2. The van der Waals surface area contributed by atoms with Crippen molar-refractivity contribution in [3.63, 3.8) is 0 Å². The minimum absolute atomic E-state index is 0.167. The van der Waals surface area contributed by atoms with Crippen LogP contribution in [0.5, 0.6) is 5.75 Å². The molecule has 6 heteroatoms. The number of benzene rings is 1. The monoisotopic (exact) mass is 316 g/mol. The maximum atomic E-state index is 12.5. The summed E-state index contributed by atoms with van der Waals surface area (Å²) in [7, 11) is 1.59. The molecule has 21 heavy (non-hydrogen) atoms. The minimum atomic E-state index is -0.167. The SMILES string of the molecule is COc1cccc(N2C(=O)/C(=C/c3ccsc3)NC2=S)c1. The Bertz CT molecular complexity index is 723. The fourth-order valence-electron chi connectivity index (χ4n) is 2.04. The molecule has 106 valence electrons. The number of methoxy groups -OCH3 is 1. The number of anilines is 1. The second kappa shape index (κ2) is 5.67. The number of ether oxygens (including phenoxy) is 1. The largest absolute Gasteiger partial charge is 0.497 e. The third-order valence-corrected chi connectivity index (χ3v) is 4.03. The van der Waals surface area contributed by atoms with Gasteiger partial charge in [-0.25, -0.2) is 0 Å². The maximum absolute atomic E-state index is 12.5. The fourth-order valence-corrected chi connectivity index (χ4v) is 2.96. The summed E-state index contributed by atoms with van der Waals surface area (Å²) in [5, 5.41) is 7.26. The van der Waals surface area contributed by atoms with Gasteiger partial charge in [-0.1, -0.05) is 6.07 Å². The molecule has 1 aliphatic heterocycles. The molecule has 1 aromatic carbocycles. The Morgan fingerprint density at radius 3 is 2.95 bits per heavy atom. The molecule has 0 aliphatic carbocycles. The molecule has 0 radical (unpaired) electrons. The predicted octanol–water partition coefficient (Wildman–Crippen LogP) is 3.02. The van der Waals surface area contributed by atoms with Crippen LogP contribution in [0, 0.1) is 0 Å². The van der Waals surface area contributed by atoms with E-state index in [1.54, 1.807) is 30.6 Å². The van der Waals surface area contributed by atoms with E-state index in [4.69, 9.17) is 17.0 Å². The molecule has 0 atom stereocenters. The zero-order valence-electron chi connectivity index (χ0n) is 11.2. The summed E-state index contributed by atoms with van der Waals surface area (Å²) < 4.78 is 5.18. The first-order valence-electron chi connectivity index (χ1n) is 6.22. The smallest absolute Gasteiger partial charge is 0.281 e. The van der Waals surface area contributed by atoms with Crippen LogP contribution in [0.1, 0.15) is 5.56 Å². The van der Waals surface area contributed by atoms with E-state index in [0.29, 0.717) is 22.2 Å². The van der Waals surface area contributed by atoms with Crippen molar-refractivity contribution in [2.45, 2.75) is 0 Å². The van der Waals surface area contributed by atoms with Crippen LogP contribution in [0.2, 0.25) is 0 Å². The molecule has 1 amide bonds. The lowest BCUT2D eigenvalue weighted by Gasteiger charge is -2.14. The quantitative estimate of drug-likeness (QED) is 0.698.